The highest BCUT2D eigenvalue weighted by Gasteiger charge is 2.13. The van der Waals surface area contributed by atoms with Crippen molar-refractivity contribution in [2.75, 3.05) is 39.4 Å². The molecule has 17 heavy (non-hydrogen) atoms. The zero-order valence-electron chi connectivity index (χ0n) is 10.0. The molecule has 1 aliphatic heterocycles. The van der Waals surface area contributed by atoms with Crippen LogP contribution in [0.25, 0.3) is 0 Å². The Balaban J connectivity index is 1.71. The normalized spacial score (nSPS) is 17.0. The summed E-state index contributed by atoms with van der Waals surface area (Å²) < 4.78 is 5.26. The Morgan fingerprint density at radius 3 is 3.00 bits per heavy atom. The number of morpholine rings is 1. The van der Waals surface area contributed by atoms with E-state index in [-0.39, 0.29) is 5.91 Å². The average Bonchev–Trinajstić information content (AvgIpc) is 2.77. The van der Waals surface area contributed by atoms with E-state index in [1.165, 1.54) is 6.33 Å². The van der Waals surface area contributed by atoms with Crippen LogP contribution in [0.3, 0.4) is 0 Å². The number of ether oxygens (including phenoxy) is 1. The molecule has 1 aromatic heterocycles. The number of aromatic amines is 1. The van der Waals surface area contributed by atoms with Crippen molar-refractivity contribution >= 4 is 5.91 Å². The summed E-state index contributed by atoms with van der Waals surface area (Å²) in [6.45, 7) is 6.79. The van der Waals surface area contributed by atoms with Crippen LogP contribution >= 0.6 is 0 Å². The van der Waals surface area contributed by atoms with Crippen LogP contribution in [-0.2, 0) is 4.74 Å². The van der Waals surface area contributed by atoms with Crippen LogP contribution in [0.4, 0.5) is 0 Å². The number of H-pyrrole nitrogens is 1. The highest BCUT2D eigenvalue weighted by atomic mass is 16.5. The minimum absolute atomic E-state index is 0.114. The third-order valence-corrected chi connectivity index (χ3v) is 2.86. The fraction of sp³-hybridized carbons (Fsp3) is 0.636. The lowest BCUT2D eigenvalue weighted by atomic mass is 10.3. The molecule has 2 heterocycles. The van der Waals surface area contributed by atoms with Crippen molar-refractivity contribution in [2.24, 2.45) is 0 Å². The monoisotopic (exact) mass is 238 g/mol. The van der Waals surface area contributed by atoms with Crippen LogP contribution in [0.15, 0.2) is 6.33 Å². The fourth-order valence-corrected chi connectivity index (χ4v) is 1.82. The van der Waals surface area contributed by atoms with E-state index in [4.69, 9.17) is 4.74 Å². The van der Waals surface area contributed by atoms with Gasteiger partial charge in [0.2, 0.25) is 0 Å². The predicted octanol–water partition coefficient (Wildman–Crippen LogP) is -0.220. The Kier molecular flexibility index (Phi) is 4.11. The second kappa shape index (κ2) is 5.79. The van der Waals surface area contributed by atoms with E-state index in [1.54, 1.807) is 0 Å². The summed E-state index contributed by atoms with van der Waals surface area (Å²) in [7, 11) is 0. The molecule has 1 aliphatic rings. The van der Waals surface area contributed by atoms with E-state index in [2.05, 4.69) is 20.2 Å². The summed E-state index contributed by atoms with van der Waals surface area (Å²) >= 11 is 0. The second-order valence-electron chi connectivity index (χ2n) is 4.09. The number of hydrogen-bond donors (Lipinski definition) is 2. The minimum atomic E-state index is -0.114. The van der Waals surface area contributed by atoms with E-state index < -0.39 is 0 Å². The van der Waals surface area contributed by atoms with Gasteiger partial charge in [-0.25, -0.2) is 4.98 Å². The summed E-state index contributed by atoms with van der Waals surface area (Å²) in [4.78, 5) is 20.9. The van der Waals surface area contributed by atoms with Crippen molar-refractivity contribution in [1.82, 2.24) is 20.2 Å². The summed E-state index contributed by atoms with van der Waals surface area (Å²) in [6, 6.07) is 0. The molecule has 94 valence electrons. The average molecular weight is 238 g/mol. The maximum atomic E-state index is 11.7. The first-order chi connectivity index (χ1) is 8.27. The van der Waals surface area contributed by atoms with Crippen LogP contribution in [0.1, 0.15) is 16.2 Å². The van der Waals surface area contributed by atoms with E-state index in [1.807, 2.05) is 6.92 Å². The number of hydrogen-bond acceptors (Lipinski definition) is 4. The first-order valence-electron chi connectivity index (χ1n) is 5.85. The Labute approximate surface area is 100 Å². The van der Waals surface area contributed by atoms with Gasteiger partial charge in [0.1, 0.15) is 5.69 Å². The molecule has 1 saturated heterocycles. The topological polar surface area (TPSA) is 70.2 Å². The minimum Gasteiger partial charge on any atom is -0.379 e. The number of carbonyl (C=O) groups excluding carboxylic acids is 1. The van der Waals surface area contributed by atoms with Gasteiger partial charge in [-0.15, -0.1) is 0 Å². The molecule has 0 bridgehead atoms. The molecule has 6 heteroatoms. The first kappa shape index (κ1) is 12.1. The number of carbonyl (C=O) groups is 1. The van der Waals surface area contributed by atoms with Crippen LogP contribution < -0.4 is 5.32 Å². The number of rotatable bonds is 4. The molecule has 6 nitrogen and oxygen atoms in total. The van der Waals surface area contributed by atoms with Gasteiger partial charge in [-0.3, -0.25) is 9.69 Å². The zero-order valence-corrected chi connectivity index (χ0v) is 10.0. The summed E-state index contributed by atoms with van der Waals surface area (Å²) in [6.07, 6.45) is 1.53. The van der Waals surface area contributed by atoms with Crippen molar-refractivity contribution in [3.63, 3.8) is 0 Å². The van der Waals surface area contributed by atoms with Gasteiger partial charge in [-0.2, -0.15) is 0 Å². The number of amides is 1. The van der Waals surface area contributed by atoms with Gasteiger partial charge in [-0.05, 0) is 6.92 Å². The maximum absolute atomic E-state index is 11.7. The number of imidazole rings is 1. The Morgan fingerprint density at radius 2 is 2.35 bits per heavy atom. The molecular weight excluding hydrogens is 220 g/mol. The lowest BCUT2D eigenvalue weighted by Gasteiger charge is -2.26. The lowest BCUT2D eigenvalue weighted by Crippen LogP contribution is -2.41. The molecule has 0 aromatic carbocycles. The quantitative estimate of drug-likeness (QED) is 0.761. The summed E-state index contributed by atoms with van der Waals surface area (Å²) in [5.74, 6) is -0.114. The largest absolute Gasteiger partial charge is 0.379 e. The fourth-order valence-electron chi connectivity index (χ4n) is 1.82. The first-order valence-corrected chi connectivity index (χ1v) is 5.85. The molecule has 0 aliphatic carbocycles. The van der Waals surface area contributed by atoms with Gasteiger partial charge >= 0.3 is 0 Å². The maximum Gasteiger partial charge on any atom is 0.271 e. The van der Waals surface area contributed by atoms with E-state index in [9.17, 15) is 4.79 Å². The molecule has 0 atom stereocenters. The molecule has 0 radical (unpaired) electrons. The van der Waals surface area contributed by atoms with E-state index >= 15 is 0 Å². The molecule has 2 rings (SSSR count). The second-order valence-corrected chi connectivity index (χ2v) is 4.09. The molecular formula is C11H18N4O2. The van der Waals surface area contributed by atoms with Crippen molar-refractivity contribution in [3.05, 3.63) is 17.7 Å². The smallest absolute Gasteiger partial charge is 0.271 e. The van der Waals surface area contributed by atoms with Crippen molar-refractivity contribution in [2.45, 2.75) is 6.92 Å². The predicted molar refractivity (Wildman–Crippen MR) is 62.9 cm³/mol. The number of aryl methyl sites for hydroxylation is 1. The van der Waals surface area contributed by atoms with Crippen molar-refractivity contribution in [3.8, 4) is 0 Å². The van der Waals surface area contributed by atoms with Crippen molar-refractivity contribution < 1.29 is 9.53 Å². The molecule has 0 spiro atoms. The Bertz CT molecular complexity index is 371. The van der Waals surface area contributed by atoms with Gasteiger partial charge in [0.15, 0.2) is 0 Å². The van der Waals surface area contributed by atoms with Gasteiger partial charge in [0.25, 0.3) is 5.91 Å². The van der Waals surface area contributed by atoms with Crippen LogP contribution in [-0.4, -0.2) is 60.2 Å². The molecule has 1 amide bonds. The zero-order chi connectivity index (χ0) is 12.1. The SMILES string of the molecule is Cc1[nH]cnc1C(=O)NCCN1CCOCC1. The highest BCUT2D eigenvalue weighted by Crippen LogP contribution is 2.00. The molecule has 0 unspecified atom stereocenters. The van der Waals surface area contributed by atoms with Gasteiger partial charge in [0, 0.05) is 31.9 Å². The lowest BCUT2D eigenvalue weighted by molar-refractivity contribution is 0.0383. The Hall–Kier alpha value is -1.40. The molecule has 1 aromatic rings. The Morgan fingerprint density at radius 1 is 1.59 bits per heavy atom. The standard InChI is InChI=1S/C11H18N4O2/c1-9-10(14-8-13-9)11(16)12-2-3-15-4-6-17-7-5-15/h8H,2-7H2,1H3,(H,12,16)(H,13,14). The van der Waals surface area contributed by atoms with Crippen LogP contribution in [0.2, 0.25) is 0 Å². The van der Waals surface area contributed by atoms with Gasteiger partial charge in [0.05, 0.1) is 19.5 Å². The van der Waals surface area contributed by atoms with Gasteiger partial charge in [-0.1, -0.05) is 0 Å². The van der Waals surface area contributed by atoms with Crippen LogP contribution in [0, 0.1) is 6.92 Å². The third kappa shape index (κ3) is 3.28. The molecule has 2 N–H and O–H groups in total. The summed E-state index contributed by atoms with van der Waals surface area (Å²) in [5.41, 5.74) is 1.28. The molecule has 1 fully saturated rings. The number of nitrogens with one attached hydrogen (secondary N) is 2. The van der Waals surface area contributed by atoms with Gasteiger partial charge < -0.3 is 15.0 Å². The summed E-state index contributed by atoms with van der Waals surface area (Å²) in [5, 5.41) is 2.87. The van der Waals surface area contributed by atoms with E-state index in [0.717, 1.165) is 38.5 Å². The number of aromatic nitrogens is 2. The van der Waals surface area contributed by atoms with E-state index in [0.29, 0.717) is 12.2 Å². The van der Waals surface area contributed by atoms with Crippen molar-refractivity contribution in [1.29, 1.82) is 0 Å². The molecule has 0 saturated carbocycles. The van der Waals surface area contributed by atoms with Crippen LogP contribution in [0.5, 0.6) is 0 Å². The number of nitrogens with zero attached hydrogens (tertiary/aromatic N) is 2. The highest BCUT2D eigenvalue weighted by molar-refractivity contribution is 5.93. The third-order valence-electron chi connectivity index (χ3n) is 2.86.